The number of amides is 7. The van der Waals surface area contributed by atoms with E-state index < -0.39 is 17.9 Å². The summed E-state index contributed by atoms with van der Waals surface area (Å²) in [5, 5.41) is 8.23. The van der Waals surface area contributed by atoms with Crippen molar-refractivity contribution in [1.82, 2.24) is 25.8 Å². The molecule has 24 nitrogen and oxygen atoms in total. The number of rotatable bonds is 46. The Balaban J connectivity index is 0.860. The maximum Gasteiger partial charge on any atom is 0.407 e. The first-order valence-corrected chi connectivity index (χ1v) is 29.9. The van der Waals surface area contributed by atoms with Crippen LogP contribution < -0.4 is 20.9 Å². The second-order valence-electron chi connectivity index (χ2n) is 19.7. The molecule has 0 spiro atoms. The molecule has 1 unspecified atom stereocenters. The van der Waals surface area contributed by atoms with Gasteiger partial charge in [0, 0.05) is 81.8 Å². The minimum atomic E-state index is -0.425. The Morgan fingerprint density at radius 3 is 1.57 bits per heavy atom. The second kappa shape index (κ2) is 44.8. The summed E-state index contributed by atoms with van der Waals surface area (Å²) in [6, 6.07) is 15.3. The summed E-state index contributed by atoms with van der Waals surface area (Å²) in [7, 11) is 0. The zero-order valence-electron chi connectivity index (χ0n) is 49.7. The average Bonchev–Trinajstić information content (AvgIpc) is 1.78. The molecule has 0 saturated heterocycles. The Morgan fingerprint density at radius 2 is 0.977 bits per heavy atom. The number of para-hydroxylation sites is 1. The van der Waals surface area contributed by atoms with Crippen LogP contribution in [0.15, 0.2) is 72.8 Å². The van der Waals surface area contributed by atoms with Crippen molar-refractivity contribution in [2.24, 2.45) is 0 Å². The number of carbonyl (C=O) groups excluding carboxylic acids is 7. The minimum absolute atomic E-state index is 0.0158. The average molecular weight is 1210 g/mol. The molecule has 2 heterocycles. The highest BCUT2D eigenvalue weighted by Gasteiger charge is 2.24. The van der Waals surface area contributed by atoms with E-state index in [1.54, 1.807) is 9.80 Å². The molecule has 2 aromatic carbocycles. The number of nitrogens with zero attached hydrogens (tertiary/aromatic N) is 3. The third-order valence-corrected chi connectivity index (χ3v) is 13.3. The number of anilines is 1. The summed E-state index contributed by atoms with van der Waals surface area (Å²) in [5.74, 6) is 4.75. The van der Waals surface area contributed by atoms with Crippen LogP contribution in [0.1, 0.15) is 74.5 Å². The molecular weight excluding hydrogens is 1120 g/mol. The van der Waals surface area contributed by atoms with E-state index in [9.17, 15) is 33.6 Å². The fraction of sp³-hybridized carbons (Fsp3) is 0.597. The zero-order chi connectivity index (χ0) is 60.9. The van der Waals surface area contributed by atoms with E-state index in [4.69, 9.17) is 52.1 Å². The SMILES string of the molecule is O=C(CCC(=O)N1Cc2ccccc2C#Cc2ccccc21)NCCOCCOCCOCCN(CCOCCOCCOCCNC(=O)OC1CCC=CCCC1)C(=O)CCOCCOCCOCCOCCNC(=O)CCN1C(=O)C=CC1=O. The van der Waals surface area contributed by atoms with Gasteiger partial charge in [0.2, 0.25) is 23.6 Å². The smallest absolute Gasteiger partial charge is 0.407 e. The molecule has 7 amide bonds. The standard InChI is InChI=1S/C62H88N6O18/c69-56(18-19-61(74)68-50-53-12-7-6-10-51(53)16-17-52-11-8-9-15-55(52)68)63-24-31-77-37-43-83-46-40-80-34-28-66(29-35-81-41-47-84-45-39-79-33-26-65-62(75)86-54-13-4-2-1-3-5-14-54)58(71)23-30-76-36-42-82-48-49-85-44-38-78-32-25-64-57(70)22-27-67-59(72)20-21-60(67)73/h1-2,6-12,15,20-21,54H,3-5,13-14,18-19,22-50H2,(H,63,69)(H,64,70)(H,65,75). The normalized spacial score (nSPS) is 14.5. The van der Waals surface area contributed by atoms with Gasteiger partial charge >= 0.3 is 6.09 Å². The third-order valence-electron chi connectivity index (χ3n) is 13.3. The van der Waals surface area contributed by atoms with Crippen LogP contribution in [0.3, 0.4) is 0 Å². The predicted octanol–water partition coefficient (Wildman–Crippen LogP) is 3.26. The lowest BCUT2D eigenvalue weighted by molar-refractivity contribution is -0.137. The topological polar surface area (TPSA) is 267 Å². The molecule has 0 saturated carbocycles. The van der Waals surface area contributed by atoms with Crippen molar-refractivity contribution < 1.29 is 85.7 Å². The van der Waals surface area contributed by atoms with Crippen LogP contribution in [-0.2, 0) is 87.4 Å². The van der Waals surface area contributed by atoms with Crippen molar-refractivity contribution in [3.05, 3.63) is 89.5 Å². The highest BCUT2D eigenvalue weighted by molar-refractivity contribution is 6.13. The molecule has 0 bridgehead atoms. The number of hydrogen-bond donors (Lipinski definition) is 3. The van der Waals surface area contributed by atoms with Crippen molar-refractivity contribution in [1.29, 1.82) is 0 Å². The molecule has 3 aliphatic rings. The van der Waals surface area contributed by atoms with Gasteiger partial charge in [-0.05, 0) is 55.9 Å². The van der Waals surface area contributed by atoms with Crippen LogP contribution in [0.5, 0.6) is 0 Å². The van der Waals surface area contributed by atoms with E-state index in [-0.39, 0.29) is 108 Å². The van der Waals surface area contributed by atoms with Crippen molar-refractivity contribution >= 4 is 47.2 Å². The minimum Gasteiger partial charge on any atom is -0.446 e. The lowest BCUT2D eigenvalue weighted by Crippen LogP contribution is -2.37. The van der Waals surface area contributed by atoms with Crippen molar-refractivity contribution in [3.63, 3.8) is 0 Å². The molecule has 0 radical (unpaired) electrons. The first-order valence-electron chi connectivity index (χ1n) is 29.9. The zero-order valence-corrected chi connectivity index (χ0v) is 49.7. The Morgan fingerprint density at radius 1 is 0.500 bits per heavy atom. The molecule has 2 aromatic rings. The maximum absolute atomic E-state index is 13.5. The van der Waals surface area contributed by atoms with Crippen molar-refractivity contribution in [2.75, 3.05) is 176 Å². The van der Waals surface area contributed by atoms with Gasteiger partial charge in [-0.3, -0.25) is 33.7 Å². The molecule has 1 atom stereocenters. The van der Waals surface area contributed by atoms with Gasteiger partial charge in [-0.25, -0.2) is 4.79 Å². The van der Waals surface area contributed by atoms with Gasteiger partial charge in [0.1, 0.15) is 6.10 Å². The molecule has 24 heteroatoms. The molecule has 0 fully saturated rings. The number of nitrogens with one attached hydrogen (secondary N) is 3. The van der Waals surface area contributed by atoms with Gasteiger partial charge in [0.25, 0.3) is 11.8 Å². The van der Waals surface area contributed by atoms with E-state index in [0.717, 1.165) is 59.4 Å². The fourth-order valence-corrected chi connectivity index (χ4v) is 8.67. The highest BCUT2D eigenvalue weighted by Crippen LogP contribution is 2.26. The van der Waals surface area contributed by atoms with Gasteiger partial charge in [0.15, 0.2) is 0 Å². The monoisotopic (exact) mass is 1200 g/mol. The first kappa shape index (κ1) is 70.1. The number of imide groups is 1. The summed E-state index contributed by atoms with van der Waals surface area (Å²) >= 11 is 0. The summed E-state index contributed by atoms with van der Waals surface area (Å²) in [6.45, 7) is 8.20. The number of allylic oxidation sites excluding steroid dienone is 2. The summed E-state index contributed by atoms with van der Waals surface area (Å²) in [5.41, 5.74) is 3.30. The molecule has 5 rings (SSSR count). The number of benzene rings is 2. The lowest BCUT2D eigenvalue weighted by atomic mass is 10.0. The van der Waals surface area contributed by atoms with Crippen LogP contribution in [0.2, 0.25) is 0 Å². The first-order chi connectivity index (χ1) is 42.2. The highest BCUT2D eigenvalue weighted by atomic mass is 16.6. The number of alkyl carbamates (subject to hydrolysis) is 1. The van der Waals surface area contributed by atoms with Gasteiger partial charge in [-0.2, -0.15) is 0 Å². The van der Waals surface area contributed by atoms with Crippen LogP contribution in [-0.4, -0.2) is 229 Å². The molecular formula is C62H88N6O18. The van der Waals surface area contributed by atoms with Crippen molar-refractivity contribution in [3.8, 4) is 11.8 Å². The van der Waals surface area contributed by atoms with Gasteiger partial charge in [-0.15, -0.1) is 0 Å². The van der Waals surface area contributed by atoms with Gasteiger partial charge in [-0.1, -0.05) is 54.3 Å². The van der Waals surface area contributed by atoms with Crippen LogP contribution >= 0.6 is 0 Å². The number of fused-ring (bicyclic) bond motifs is 2. The fourth-order valence-electron chi connectivity index (χ4n) is 8.67. The third kappa shape index (κ3) is 30.6. The van der Waals surface area contributed by atoms with E-state index >= 15 is 0 Å². The molecule has 474 valence electrons. The molecule has 0 aromatic heterocycles. The van der Waals surface area contributed by atoms with Gasteiger partial charge < -0.3 is 77.9 Å². The van der Waals surface area contributed by atoms with Crippen LogP contribution in [0, 0.1) is 11.8 Å². The van der Waals surface area contributed by atoms with E-state index in [1.807, 2.05) is 48.5 Å². The summed E-state index contributed by atoms with van der Waals surface area (Å²) in [6.07, 6.45) is 11.1. The number of carbonyl (C=O) groups is 7. The molecule has 1 aliphatic carbocycles. The van der Waals surface area contributed by atoms with E-state index in [2.05, 4.69) is 39.9 Å². The predicted molar refractivity (Wildman–Crippen MR) is 316 cm³/mol. The Labute approximate surface area is 505 Å². The Bertz CT molecular complexity index is 2450. The van der Waals surface area contributed by atoms with Crippen molar-refractivity contribution in [2.45, 2.75) is 70.4 Å². The van der Waals surface area contributed by atoms with Crippen LogP contribution in [0.4, 0.5) is 10.5 Å². The number of ether oxygens (including phenoxy) is 11. The number of hydrogen-bond acceptors (Lipinski definition) is 18. The van der Waals surface area contributed by atoms with Crippen LogP contribution in [0.25, 0.3) is 0 Å². The van der Waals surface area contributed by atoms with E-state index in [1.165, 1.54) is 12.2 Å². The lowest BCUT2D eigenvalue weighted by Gasteiger charge is -2.26. The maximum atomic E-state index is 13.5. The quantitative estimate of drug-likeness (QED) is 0.0372. The summed E-state index contributed by atoms with van der Waals surface area (Å²) in [4.78, 5) is 91.1. The van der Waals surface area contributed by atoms with E-state index in [0.29, 0.717) is 125 Å². The summed E-state index contributed by atoms with van der Waals surface area (Å²) < 4.78 is 61.8. The molecule has 2 aliphatic heterocycles. The second-order valence-corrected chi connectivity index (χ2v) is 19.7. The molecule has 86 heavy (non-hydrogen) atoms. The molecule has 3 N–H and O–H groups in total. The van der Waals surface area contributed by atoms with Gasteiger partial charge in [0.05, 0.1) is 151 Å². The largest absolute Gasteiger partial charge is 0.446 e. The Hall–Kier alpha value is -6.63. The Kier molecular flexibility index (Phi) is 36.5.